The zero-order valence-corrected chi connectivity index (χ0v) is 31.7. The van der Waals surface area contributed by atoms with E-state index in [4.69, 9.17) is 9.40 Å². The molecular weight excluding hydrogens is 665 g/mol. The van der Waals surface area contributed by atoms with Gasteiger partial charge in [-0.25, -0.2) is 4.98 Å². The lowest BCUT2D eigenvalue weighted by molar-refractivity contribution is 0.423. The van der Waals surface area contributed by atoms with E-state index in [0.29, 0.717) is 0 Å². The molecule has 10 aromatic rings. The Morgan fingerprint density at radius 3 is 1.98 bits per heavy atom. The summed E-state index contributed by atoms with van der Waals surface area (Å²) in [7, 11) is 0. The van der Waals surface area contributed by atoms with Crippen LogP contribution in [0.15, 0.2) is 138 Å². The Kier molecular flexibility index (Phi) is 6.87. The van der Waals surface area contributed by atoms with Crippen molar-refractivity contribution in [1.29, 1.82) is 0 Å². The quantitative estimate of drug-likeness (QED) is 0.183. The minimum atomic E-state index is -0.0965. The fourth-order valence-electron chi connectivity index (χ4n) is 8.24. The predicted molar refractivity (Wildman–Crippen MR) is 227 cm³/mol. The molecule has 3 nitrogen and oxygen atoms in total. The summed E-state index contributed by atoms with van der Waals surface area (Å²) >= 11 is 1.86. The molecule has 53 heavy (non-hydrogen) atoms. The Bertz CT molecular complexity index is 3070. The Morgan fingerprint density at radius 2 is 1.19 bits per heavy atom. The topological polar surface area (TPSA) is 31.0 Å². The van der Waals surface area contributed by atoms with E-state index in [1.54, 1.807) is 0 Å². The third-order valence-corrected chi connectivity index (χ3v) is 11.9. The van der Waals surface area contributed by atoms with Gasteiger partial charge in [0.25, 0.3) is 0 Å². The summed E-state index contributed by atoms with van der Waals surface area (Å²) in [6.07, 6.45) is 0. The third kappa shape index (κ3) is 5.11. The smallest absolute Gasteiger partial charge is 0.136 e. The molecule has 258 valence electrons. The molecule has 4 heterocycles. The second kappa shape index (κ2) is 11.4. The van der Waals surface area contributed by atoms with Crippen molar-refractivity contribution >= 4 is 75.3 Å². The maximum atomic E-state index is 6.55. The molecule has 4 aromatic heterocycles. The Morgan fingerprint density at radius 1 is 0.491 bits per heavy atom. The van der Waals surface area contributed by atoms with Crippen LogP contribution in [0.3, 0.4) is 0 Å². The van der Waals surface area contributed by atoms with Crippen molar-refractivity contribution in [3.8, 4) is 33.6 Å². The summed E-state index contributed by atoms with van der Waals surface area (Å²) in [5.41, 5.74) is 12.0. The van der Waals surface area contributed by atoms with Gasteiger partial charge in [0.1, 0.15) is 11.2 Å². The van der Waals surface area contributed by atoms with Crippen molar-refractivity contribution in [3.05, 3.63) is 139 Å². The maximum absolute atomic E-state index is 6.55. The van der Waals surface area contributed by atoms with Gasteiger partial charge in [-0.05, 0) is 104 Å². The fraction of sp³-hybridized carbons (Fsp3) is 0.163. The molecule has 6 aromatic carbocycles. The molecule has 0 atom stereocenters. The highest BCUT2D eigenvalue weighted by atomic mass is 32.1. The molecule has 0 radical (unpaired) electrons. The normalized spacial score (nSPS) is 12.7. The van der Waals surface area contributed by atoms with Crippen molar-refractivity contribution in [2.75, 3.05) is 0 Å². The summed E-state index contributed by atoms with van der Waals surface area (Å²) in [5.74, 6) is 0. The Labute approximate surface area is 313 Å². The van der Waals surface area contributed by atoms with Gasteiger partial charge in [-0.15, -0.1) is 11.3 Å². The first-order valence-electron chi connectivity index (χ1n) is 18.5. The highest BCUT2D eigenvalue weighted by Gasteiger charge is 2.22. The molecular formula is C49H40N2OS. The molecule has 0 bridgehead atoms. The van der Waals surface area contributed by atoms with Crippen LogP contribution in [0.2, 0.25) is 0 Å². The van der Waals surface area contributed by atoms with Crippen LogP contribution >= 0.6 is 11.3 Å². The van der Waals surface area contributed by atoms with E-state index in [1.165, 1.54) is 52.9 Å². The van der Waals surface area contributed by atoms with Gasteiger partial charge in [0.15, 0.2) is 0 Å². The minimum absolute atomic E-state index is 0.0609. The van der Waals surface area contributed by atoms with Gasteiger partial charge in [0.2, 0.25) is 0 Å². The number of pyridine rings is 1. The summed E-state index contributed by atoms with van der Waals surface area (Å²) in [5, 5.41) is 7.45. The first kappa shape index (κ1) is 32.0. The number of nitrogens with zero attached hydrogens (tertiary/aromatic N) is 2. The highest BCUT2D eigenvalue weighted by molar-refractivity contribution is 7.26. The monoisotopic (exact) mass is 704 g/mol. The number of furan rings is 1. The number of hydrogen-bond donors (Lipinski definition) is 0. The van der Waals surface area contributed by atoms with Crippen LogP contribution in [0.25, 0.3) is 97.6 Å². The molecule has 0 N–H and O–H groups in total. The molecule has 0 saturated carbocycles. The number of benzene rings is 6. The number of hydrogen-bond acceptors (Lipinski definition) is 3. The SMILES string of the molecule is CC(C)(C)c1ccc2sc3ccc4oc5ccc(-c6cc(-c7ccccc7)nc(-c7ccc8c9ccccc9n(C(C)(C)C)c8c7)c6)cc5c4c3c2c1. The summed E-state index contributed by atoms with van der Waals surface area (Å²) in [6, 6.07) is 48.6. The van der Waals surface area contributed by atoms with Gasteiger partial charge >= 0.3 is 0 Å². The molecule has 0 amide bonds. The molecule has 0 aliphatic carbocycles. The number of fused-ring (bicyclic) bond motifs is 10. The predicted octanol–water partition coefficient (Wildman–Crippen LogP) is 14.5. The van der Waals surface area contributed by atoms with Gasteiger partial charge in [-0.1, -0.05) is 93.6 Å². The van der Waals surface area contributed by atoms with Crippen LogP contribution in [0.1, 0.15) is 47.1 Å². The first-order valence-corrected chi connectivity index (χ1v) is 19.3. The molecule has 0 saturated heterocycles. The first-order chi connectivity index (χ1) is 25.5. The molecule has 0 unspecified atom stereocenters. The zero-order valence-electron chi connectivity index (χ0n) is 30.9. The average molecular weight is 705 g/mol. The lowest BCUT2D eigenvalue weighted by Gasteiger charge is -2.24. The molecule has 0 aliphatic rings. The van der Waals surface area contributed by atoms with Gasteiger partial charge < -0.3 is 8.98 Å². The molecule has 0 aliphatic heterocycles. The van der Waals surface area contributed by atoms with Gasteiger partial charge in [0, 0.05) is 63.9 Å². The van der Waals surface area contributed by atoms with Crippen LogP contribution in [-0.4, -0.2) is 9.55 Å². The number of thiophene rings is 1. The van der Waals surface area contributed by atoms with Crippen LogP contribution < -0.4 is 0 Å². The van der Waals surface area contributed by atoms with Crippen LogP contribution in [-0.2, 0) is 11.0 Å². The Hall–Kier alpha value is -5.71. The number of aromatic nitrogens is 2. The number of rotatable bonds is 3. The van der Waals surface area contributed by atoms with E-state index in [0.717, 1.165) is 50.2 Å². The summed E-state index contributed by atoms with van der Waals surface area (Å²) in [6.45, 7) is 13.7. The summed E-state index contributed by atoms with van der Waals surface area (Å²) in [4.78, 5) is 5.32. The molecule has 4 heteroatoms. The average Bonchev–Trinajstić information content (AvgIpc) is 3.82. The van der Waals surface area contributed by atoms with Crippen molar-refractivity contribution in [2.24, 2.45) is 0 Å². The van der Waals surface area contributed by atoms with E-state index in [9.17, 15) is 0 Å². The standard InChI is InChI=1S/C49H40N2OS/c1-48(2,3)33-18-22-44-37(28-33)47-45(53-44)23-21-43-46(47)36-24-30(17-20-42(36)52-43)32-25-38(29-12-8-7-9-13-29)50-39(26-32)31-16-19-35-34-14-10-11-15-40(34)51(41(35)27-31)49(4,5)6/h7-28H,1-6H3. The van der Waals surface area contributed by atoms with Crippen LogP contribution in [0.5, 0.6) is 0 Å². The van der Waals surface area contributed by atoms with Gasteiger partial charge in [-0.3, -0.25) is 0 Å². The second-order valence-electron chi connectivity index (χ2n) is 16.4. The van der Waals surface area contributed by atoms with Crippen molar-refractivity contribution in [1.82, 2.24) is 9.55 Å². The van der Waals surface area contributed by atoms with E-state index in [2.05, 4.69) is 180 Å². The molecule has 10 rings (SSSR count). The molecule has 0 fully saturated rings. The van der Waals surface area contributed by atoms with Crippen molar-refractivity contribution in [2.45, 2.75) is 52.5 Å². The third-order valence-electron chi connectivity index (χ3n) is 10.8. The second-order valence-corrected chi connectivity index (χ2v) is 17.5. The zero-order chi connectivity index (χ0) is 36.2. The van der Waals surface area contributed by atoms with E-state index >= 15 is 0 Å². The highest BCUT2D eigenvalue weighted by Crippen LogP contribution is 2.45. The largest absolute Gasteiger partial charge is 0.456 e. The van der Waals surface area contributed by atoms with Crippen molar-refractivity contribution < 1.29 is 4.42 Å². The summed E-state index contributed by atoms with van der Waals surface area (Å²) < 4.78 is 11.6. The Balaban J connectivity index is 1.21. The lowest BCUT2D eigenvalue weighted by atomic mass is 9.86. The fourth-order valence-corrected chi connectivity index (χ4v) is 9.33. The van der Waals surface area contributed by atoms with Crippen LogP contribution in [0, 0.1) is 0 Å². The van der Waals surface area contributed by atoms with E-state index in [-0.39, 0.29) is 11.0 Å². The van der Waals surface area contributed by atoms with Crippen molar-refractivity contribution in [3.63, 3.8) is 0 Å². The van der Waals surface area contributed by atoms with Gasteiger partial charge in [-0.2, -0.15) is 0 Å². The molecule has 0 spiro atoms. The maximum Gasteiger partial charge on any atom is 0.136 e. The van der Waals surface area contributed by atoms with E-state index < -0.39 is 0 Å². The lowest BCUT2D eigenvalue weighted by Crippen LogP contribution is -2.21. The van der Waals surface area contributed by atoms with Gasteiger partial charge in [0.05, 0.1) is 16.9 Å². The van der Waals surface area contributed by atoms with Crippen LogP contribution in [0.4, 0.5) is 0 Å². The number of para-hydroxylation sites is 1. The minimum Gasteiger partial charge on any atom is -0.456 e. The van der Waals surface area contributed by atoms with E-state index in [1.807, 2.05) is 11.3 Å².